The van der Waals surface area contributed by atoms with Crippen molar-refractivity contribution >= 4 is 43.7 Å². The summed E-state index contributed by atoms with van der Waals surface area (Å²) in [4.78, 5) is 5.26. The van der Waals surface area contributed by atoms with Crippen molar-refractivity contribution in [3.8, 4) is 0 Å². The Kier molecular flexibility index (Phi) is 4.95. The van der Waals surface area contributed by atoms with E-state index in [1.165, 1.54) is 36.7 Å². The molecule has 1 aliphatic rings. The van der Waals surface area contributed by atoms with Gasteiger partial charge < -0.3 is 0 Å². The average Bonchev–Trinajstić information content (AvgIpc) is 3.22. The monoisotopic (exact) mass is 455 g/mol. The number of hydrogen-bond donors (Lipinski definition) is 2. The molecule has 1 aliphatic carbocycles. The normalized spacial score (nSPS) is 13.8. The fourth-order valence-corrected chi connectivity index (χ4v) is 5.27. The molecule has 0 bridgehead atoms. The molecule has 4 aromatic rings. The van der Waals surface area contributed by atoms with Crippen molar-refractivity contribution < 1.29 is 12.8 Å². The van der Waals surface area contributed by atoms with Crippen LogP contribution in [-0.2, 0) is 10.0 Å². The molecule has 0 radical (unpaired) electrons. The number of hydrogen-bond acceptors (Lipinski definition) is 6. The molecule has 5 rings (SSSR count). The van der Waals surface area contributed by atoms with E-state index in [2.05, 4.69) is 32.0 Å². The minimum absolute atomic E-state index is 0.180. The van der Waals surface area contributed by atoms with Gasteiger partial charge in [-0.2, -0.15) is 5.10 Å². The maximum Gasteiger partial charge on any atom is 0.266 e. The summed E-state index contributed by atoms with van der Waals surface area (Å²) in [6.45, 7) is 0. The van der Waals surface area contributed by atoms with Crippen molar-refractivity contribution in [3.63, 3.8) is 0 Å². The molecular weight excluding hydrogens is 437 g/mol. The quantitative estimate of drug-likeness (QED) is 0.402. The lowest BCUT2D eigenvalue weighted by Gasteiger charge is -2.24. The predicted octanol–water partition coefficient (Wildman–Crippen LogP) is 5.15. The Balaban J connectivity index is 1.53. The second-order valence-corrected chi connectivity index (χ2v) is 9.75. The number of thiazole rings is 1. The lowest BCUT2D eigenvalue weighted by molar-refractivity contribution is 0.570. The topological polar surface area (TPSA) is 91.0 Å². The molecule has 0 aliphatic heterocycles. The molecule has 2 heterocycles. The molecular formula is C21H18FN5O2S2. The molecule has 0 unspecified atom stereocenters. The molecule has 0 amide bonds. The molecule has 2 aromatic heterocycles. The Bertz CT molecular complexity index is 1300. The lowest BCUT2D eigenvalue weighted by atomic mass is 10.1. The zero-order valence-electron chi connectivity index (χ0n) is 16.2. The van der Waals surface area contributed by atoms with Crippen molar-refractivity contribution in [2.24, 2.45) is 0 Å². The SMILES string of the molecule is O=S(=O)(Nc1nccs1)c1ccc(N(c2cccc(C3CC3)c2)c2ccn[nH]2)cc1F. The van der Waals surface area contributed by atoms with Gasteiger partial charge in [0.1, 0.15) is 16.5 Å². The van der Waals surface area contributed by atoms with Gasteiger partial charge in [-0.15, -0.1) is 11.3 Å². The van der Waals surface area contributed by atoms with Gasteiger partial charge in [-0.05, 0) is 54.7 Å². The van der Waals surface area contributed by atoms with E-state index in [4.69, 9.17) is 0 Å². The first kappa shape index (κ1) is 19.7. The number of sulfonamides is 1. The third-order valence-corrected chi connectivity index (χ3v) is 7.21. The first-order valence-corrected chi connectivity index (χ1v) is 12.0. The van der Waals surface area contributed by atoms with Gasteiger partial charge in [-0.1, -0.05) is 12.1 Å². The standard InChI is InChI=1S/C21H18FN5O2S2/c22-18-13-17(6-7-19(18)31(28,29)26-21-23-10-11-30-21)27(20-8-9-24-25-20)16-3-1-2-15(12-16)14-4-5-14/h1-3,6-14H,4-5H2,(H,23,26)(H,24,25). The molecule has 158 valence electrons. The number of aromatic nitrogens is 3. The maximum atomic E-state index is 15.0. The molecule has 0 saturated heterocycles. The number of H-pyrrole nitrogens is 1. The van der Waals surface area contributed by atoms with Gasteiger partial charge in [0.2, 0.25) is 0 Å². The van der Waals surface area contributed by atoms with E-state index in [1.807, 2.05) is 17.0 Å². The van der Waals surface area contributed by atoms with Crippen LogP contribution >= 0.6 is 11.3 Å². The van der Waals surface area contributed by atoms with Gasteiger partial charge >= 0.3 is 0 Å². The second-order valence-electron chi connectivity index (χ2n) is 7.20. The summed E-state index contributed by atoms with van der Waals surface area (Å²) >= 11 is 1.12. The number of anilines is 4. The number of halogens is 1. The molecule has 0 spiro atoms. The number of nitrogens with one attached hydrogen (secondary N) is 2. The van der Waals surface area contributed by atoms with Crippen LogP contribution in [-0.4, -0.2) is 23.6 Å². The van der Waals surface area contributed by atoms with E-state index in [0.717, 1.165) is 17.0 Å². The summed E-state index contributed by atoms with van der Waals surface area (Å²) in [5.41, 5.74) is 2.54. The summed E-state index contributed by atoms with van der Waals surface area (Å²) in [6.07, 6.45) is 5.42. The van der Waals surface area contributed by atoms with E-state index >= 15 is 4.39 Å². The van der Waals surface area contributed by atoms with Gasteiger partial charge in [0.15, 0.2) is 5.13 Å². The molecule has 7 nitrogen and oxygen atoms in total. The Morgan fingerprint density at radius 1 is 1.10 bits per heavy atom. The fourth-order valence-electron chi connectivity index (χ4n) is 3.43. The Hall–Kier alpha value is -3.24. The van der Waals surface area contributed by atoms with Gasteiger partial charge in [0.05, 0.1) is 11.9 Å². The second kappa shape index (κ2) is 7.78. The van der Waals surface area contributed by atoms with Crippen LogP contribution in [0.1, 0.15) is 24.3 Å². The summed E-state index contributed by atoms with van der Waals surface area (Å²) < 4.78 is 42.5. The highest BCUT2D eigenvalue weighted by Gasteiger charge is 2.26. The highest BCUT2D eigenvalue weighted by atomic mass is 32.2. The van der Waals surface area contributed by atoms with E-state index in [1.54, 1.807) is 23.7 Å². The van der Waals surface area contributed by atoms with Gasteiger partial charge in [-0.3, -0.25) is 14.7 Å². The van der Waals surface area contributed by atoms with Crippen molar-refractivity contribution in [2.75, 3.05) is 9.62 Å². The third kappa shape index (κ3) is 4.04. The summed E-state index contributed by atoms with van der Waals surface area (Å²) in [5.74, 6) is 0.345. The summed E-state index contributed by atoms with van der Waals surface area (Å²) in [7, 11) is -4.10. The Morgan fingerprint density at radius 3 is 2.61 bits per heavy atom. The molecule has 2 N–H and O–H groups in total. The number of benzene rings is 2. The Morgan fingerprint density at radius 2 is 1.94 bits per heavy atom. The highest BCUT2D eigenvalue weighted by Crippen LogP contribution is 2.43. The molecule has 31 heavy (non-hydrogen) atoms. The van der Waals surface area contributed by atoms with Crippen molar-refractivity contribution in [1.82, 2.24) is 15.2 Å². The van der Waals surface area contributed by atoms with E-state index in [0.29, 0.717) is 17.4 Å². The molecule has 0 atom stereocenters. The van der Waals surface area contributed by atoms with Gasteiger partial charge in [-0.25, -0.2) is 17.8 Å². The van der Waals surface area contributed by atoms with E-state index in [-0.39, 0.29) is 5.13 Å². The van der Waals surface area contributed by atoms with Crippen LogP contribution in [0.25, 0.3) is 0 Å². The van der Waals surface area contributed by atoms with Crippen LogP contribution in [0.3, 0.4) is 0 Å². The zero-order valence-corrected chi connectivity index (χ0v) is 17.8. The number of nitrogens with zero attached hydrogens (tertiary/aromatic N) is 3. The minimum atomic E-state index is -4.10. The van der Waals surface area contributed by atoms with Crippen molar-refractivity contribution in [1.29, 1.82) is 0 Å². The average molecular weight is 456 g/mol. The van der Waals surface area contributed by atoms with Crippen LogP contribution in [0.5, 0.6) is 0 Å². The zero-order chi connectivity index (χ0) is 21.4. The van der Waals surface area contributed by atoms with Crippen LogP contribution in [0.2, 0.25) is 0 Å². The van der Waals surface area contributed by atoms with E-state index < -0.39 is 20.7 Å². The molecule has 2 aromatic carbocycles. The van der Waals surface area contributed by atoms with Crippen LogP contribution in [0.4, 0.5) is 26.7 Å². The van der Waals surface area contributed by atoms with Crippen molar-refractivity contribution in [2.45, 2.75) is 23.7 Å². The first-order valence-electron chi connectivity index (χ1n) is 9.62. The number of rotatable bonds is 7. The maximum absolute atomic E-state index is 15.0. The minimum Gasteiger partial charge on any atom is -0.295 e. The van der Waals surface area contributed by atoms with Crippen LogP contribution in [0, 0.1) is 5.82 Å². The smallest absolute Gasteiger partial charge is 0.266 e. The van der Waals surface area contributed by atoms with Crippen LogP contribution < -0.4 is 9.62 Å². The highest BCUT2D eigenvalue weighted by molar-refractivity contribution is 7.93. The molecule has 10 heteroatoms. The Labute approximate surface area is 182 Å². The largest absolute Gasteiger partial charge is 0.295 e. The lowest BCUT2D eigenvalue weighted by Crippen LogP contribution is -2.16. The first-order chi connectivity index (χ1) is 15.0. The van der Waals surface area contributed by atoms with E-state index in [9.17, 15) is 8.42 Å². The molecule has 1 saturated carbocycles. The van der Waals surface area contributed by atoms with Gasteiger partial charge in [0, 0.05) is 23.3 Å². The summed E-state index contributed by atoms with van der Waals surface area (Å²) in [5, 5.41) is 8.74. The van der Waals surface area contributed by atoms with Crippen molar-refractivity contribution in [3.05, 3.63) is 77.7 Å². The van der Waals surface area contributed by atoms with Gasteiger partial charge in [0.25, 0.3) is 10.0 Å². The third-order valence-electron chi connectivity index (χ3n) is 5.02. The fraction of sp³-hybridized carbons (Fsp3) is 0.143. The predicted molar refractivity (Wildman–Crippen MR) is 118 cm³/mol. The molecule has 1 fully saturated rings. The van der Waals surface area contributed by atoms with Crippen LogP contribution in [0.15, 0.2) is 71.2 Å². The number of aromatic amines is 1. The summed E-state index contributed by atoms with van der Waals surface area (Å²) in [6, 6.07) is 13.9.